The van der Waals surface area contributed by atoms with Gasteiger partial charge < -0.3 is 8.99 Å². The molecular weight excluding hydrogens is 230 g/mol. The van der Waals surface area contributed by atoms with Gasteiger partial charge in [0.25, 0.3) is 0 Å². The Morgan fingerprint density at radius 1 is 1.41 bits per heavy atom. The van der Waals surface area contributed by atoms with Gasteiger partial charge in [0.15, 0.2) is 8.32 Å². The lowest BCUT2D eigenvalue weighted by Crippen LogP contribution is -2.50. The molecule has 17 heavy (non-hydrogen) atoms. The Bertz CT molecular complexity index is 428. The van der Waals surface area contributed by atoms with Crippen molar-refractivity contribution in [1.82, 2.24) is 9.47 Å². The van der Waals surface area contributed by atoms with Crippen LogP contribution in [0.4, 0.5) is 0 Å². The van der Waals surface area contributed by atoms with Crippen LogP contribution in [-0.4, -0.2) is 31.9 Å². The highest BCUT2D eigenvalue weighted by Crippen LogP contribution is 2.31. The average molecular weight is 251 g/mol. The minimum Gasteiger partial charge on any atom is -0.384 e. The number of nitrogens with zero attached hydrogens (tertiary/aromatic N) is 3. The van der Waals surface area contributed by atoms with Gasteiger partial charge in [0, 0.05) is 13.2 Å². The highest BCUT2D eigenvalue weighted by Gasteiger charge is 2.42. The Balaban J connectivity index is 3.30. The molecule has 1 atom stereocenters. The van der Waals surface area contributed by atoms with E-state index in [0.717, 1.165) is 5.69 Å². The van der Waals surface area contributed by atoms with E-state index < -0.39 is 14.0 Å². The molecule has 5 heteroatoms. The first-order valence-electron chi connectivity index (χ1n) is 5.63. The fourth-order valence-electron chi connectivity index (χ4n) is 1.81. The molecule has 0 spiro atoms. The standard InChI is InChI=1S/C12H21N3OSi/c1-14(2)12(10-13,16-17(4,5)6)11-8-7-9-15(11)3/h7-9H,1-6H3. The summed E-state index contributed by atoms with van der Waals surface area (Å²) in [4.78, 5) is 1.83. The van der Waals surface area contributed by atoms with Gasteiger partial charge >= 0.3 is 0 Å². The second kappa shape index (κ2) is 4.65. The molecule has 0 fully saturated rings. The maximum atomic E-state index is 9.60. The third kappa shape index (κ3) is 2.78. The lowest BCUT2D eigenvalue weighted by Gasteiger charge is -2.38. The first-order valence-corrected chi connectivity index (χ1v) is 9.04. The van der Waals surface area contributed by atoms with Crippen molar-refractivity contribution >= 4 is 8.32 Å². The Hall–Kier alpha value is -1.09. The summed E-state index contributed by atoms with van der Waals surface area (Å²) >= 11 is 0. The zero-order valence-corrected chi connectivity index (χ0v) is 12.5. The maximum absolute atomic E-state index is 9.60. The zero-order chi connectivity index (χ0) is 13.3. The quantitative estimate of drug-likeness (QED) is 0.608. The van der Waals surface area contributed by atoms with Crippen LogP contribution in [0.3, 0.4) is 0 Å². The molecule has 1 rings (SSSR count). The monoisotopic (exact) mass is 251 g/mol. The van der Waals surface area contributed by atoms with Gasteiger partial charge in [-0.05, 0) is 45.9 Å². The summed E-state index contributed by atoms with van der Waals surface area (Å²) in [5.41, 5.74) is -0.129. The lowest BCUT2D eigenvalue weighted by molar-refractivity contribution is -0.0238. The number of nitriles is 1. The van der Waals surface area contributed by atoms with Gasteiger partial charge in [-0.2, -0.15) is 5.26 Å². The summed E-state index contributed by atoms with van der Waals surface area (Å²) in [6, 6.07) is 6.20. The second-order valence-electron chi connectivity index (χ2n) is 5.37. The Kier molecular flexibility index (Phi) is 3.82. The SMILES string of the molecule is CN(C)C(C#N)(O[Si](C)(C)C)c1cccn1C. The van der Waals surface area contributed by atoms with Crippen LogP contribution in [0.1, 0.15) is 5.69 Å². The van der Waals surface area contributed by atoms with Crippen LogP contribution in [-0.2, 0) is 17.2 Å². The van der Waals surface area contributed by atoms with E-state index in [1.165, 1.54) is 0 Å². The smallest absolute Gasteiger partial charge is 0.243 e. The molecule has 0 bridgehead atoms. The minimum atomic E-state index is -1.83. The van der Waals surface area contributed by atoms with E-state index in [4.69, 9.17) is 4.43 Å². The summed E-state index contributed by atoms with van der Waals surface area (Å²) in [7, 11) is 3.84. The Morgan fingerprint density at radius 2 is 2.00 bits per heavy atom. The molecule has 4 nitrogen and oxygen atoms in total. The topological polar surface area (TPSA) is 41.2 Å². The van der Waals surface area contributed by atoms with Gasteiger partial charge in [-0.1, -0.05) is 0 Å². The van der Waals surface area contributed by atoms with Crippen molar-refractivity contribution in [3.63, 3.8) is 0 Å². The van der Waals surface area contributed by atoms with Crippen LogP contribution >= 0.6 is 0 Å². The van der Waals surface area contributed by atoms with Crippen molar-refractivity contribution in [3.05, 3.63) is 24.0 Å². The van der Waals surface area contributed by atoms with Crippen molar-refractivity contribution in [2.45, 2.75) is 25.4 Å². The Labute approximate surface area is 105 Å². The molecule has 0 aliphatic rings. The second-order valence-corrected chi connectivity index (χ2v) is 9.80. The maximum Gasteiger partial charge on any atom is 0.243 e. The summed E-state index contributed by atoms with van der Waals surface area (Å²) in [5, 5.41) is 9.60. The molecule has 1 aromatic heterocycles. The van der Waals surface area contributed by atoms with Gasteiger partial charge in [-0.3, -0.25) is 4.90 Å². The van der Waals surface area contributed by atoms with Crippen LogP contribution in [0.15, 0.2) is 18.3 Å². The summed E-state index contributed by atoms with van der Waals surface area (Å²) in [6.07, 6.45) is 1.93. The van der Waals surface area contributed by atoms with Gasteiger partial charge in [0.2, 0.25) is 5.72 Å². The molecule has 0 N–H and O–H groups in total. The predicted molar refractivity (Wildman–Crippen MR) is 70.8 cm³/mol. The molecule has 0 saturated heterocycles. The van der Waals surface area contributed by atoms with Crippen LogP contribution in [0.25, 0.3) is 0 Å². The molecular formula is C12H21N3OSi. The number of hydrogen-bond donors (Lipinski definition) is 0. The molecule has 0 radical (unpaired) electrons. The van der Waals surface area contributed by atoms with E-state index in [1.807, 2.05) is 48.9 Å². The van der Waals surface area contributed by atoms with Crippen LogP contribution in [0.5, 0.6) is 0 Å². The first-order chi connectivity index (χ1) is 7.73. The predicted octanol–water partition coefficient (Wildman–Crippen LogP) is 2.11. The van der Waals surface area contributed by atoms with E-state index in [1.54, 1.807) is 0 Å². The summed E-state index contributed by atoms with van der Waals surface area (Å²) in [6.45, 7) is 6.27. The van der Waals surface area contributed by atoms with E-state index in [9.17, 15) is 5.26 Å². The Morgan fingerprint density at radius 3 is 2.29 bits per heavy atom. The number of hydrogen-bond acceptors (Lipinski definition) is 3. The van der Waals surface area contributed by atoms with Gasteiger partial charge in [0.1, 0.15) is 6.07 Å². The third-order valence-electron chi connectivity index (χ3n) is 2.53. The van der Waals surface area contributed by atoms with E-state index in [0.29, 0.717) is 0 Å². The van der Waals surface area contributed by atoms with Crippen molar-refractivity contribution < 1.29 is 4.43 Å². The molecule has 0 amide bonds. The van der Waals surface area contributed by atoms with Gasteiger partial charge in [0.05, 0.1) is 5.69 Å². The van der Waals surface area contributed by atoms with E-state index >= 15 is 0 Å². The van der Waals surface area contributed by atoms with Crippen molar-refractivity contribution in [1.29, 1.82) is 5.26 Å². The fraction of sp³-hybridized carbons (Fsp3) is 0.583. The average Bonchev–Trinajstić information content (AvgIpc) is 2.59. The van der Waals surface area contributed by atoms with Crippen LogP contribution in [0.2, 0.25) is 19.6 Å². The summed E-state index contributed by atoms with van der Waals surface area (Å²) in [5.74, 6) is 0. The van der Waals surface area contributed by atoms with Crippen molar-refractivity contribution in [2.24, 2.45) is 7.05 Å². The molecule has 94 valence electrons. The minimum absolute atomic E-state index is 0.868. The van der Waals surface area contributed by atoms with Gasteiger partial charge in [-0.15, -0.1) is 0 Å². The largest absolute Gasteiger partial charge is 0.384 e. The fourth-order valence-corrected chi connectivity index (χ4v) is 3.03. The molecule has 0 saturated carbocycles. The van der Waals surface area contributed by atoms with Gasteiger partial charge in [-0.25, -0.2) is 0 Å². The molecule has 0 aliphatic heterocycles. The number of aromatic nitrogens is 1. The number of aryl methyl sites for hydroxylation is 1. The third-order valence-corrected chi connectivity index (χ3v) is 3.43. The molecule has 1 unspecified atom stereocenters. The number of rotatable bonds is 4. The van der Waals surface area contributed by atoms with Crippen LogP contribution < -0.4 is 0 Å². The molecule has 1 heterocycles. The van der Waals surface area contributed by atoms with Crippen LogP contribution in [0, 0.1) is 11.3 Å². The normalized spacial score (nSPS) is 15.6. The molecule has 0 aromatic carbocycles. The highest BCUT2D eigenvalue weighted by molar-refractivity contribution is 6.69. The first kappa shape index (κ1) is 14.0. The van der Waals surface area contributed by atoms with E-state index in [-0.39, 0.29) is 0 Å². The van der Waals surface area contributed by atoms with Crippen molar-refractivity contribution in [2.75, 3.05) is 14.1 Å². The van der Waals surface area contributed by atoms with E-state index in [2.05, 4.69) is 25.7 Å². The molecule has 0 aliphatic carbocycles. The molecule has 1 aromatic rings. The van der Waals surface area contributed by atoms with Crippen molar-refractivity contribution in [3.8, 4) is 6.07 Å². The summed E-state index contributed by atoms with van der Waals surface area (Å²) < 4.78 is 8.08. The lowest BCUT2D eigenvalue weighted by atomic mass is 10.1. The zero-order valence-electron chi connectivity index (χ0n) is 11.5. The highest BCUT2D eigenvalue weighted by atomic mass is 28.4.